The zero-order valence-electron chi connectivity index (χ0n) is 9.86. The third-order valence-electron chi connectivity index (χ3n) is 3.29. The number of nitrogens with two attached hydrogens (primary N) is 1. The molecular formula is C11H15N5O2. The van der Waals surface area contributed by atoms with Crippen molar-refractivity contribution in [3.63, 3.8) is 0 Å². The Hall–Kier alpha value is -1.73. The van der Waals surface area contributed by atoms with E-state index in [1.54, 1.807) is 6.33 Å². The molecule has 0 aromatic carbocycles. The van der Waals surface area contributed by atoms with Crippen molar-refractivity contribution in [1.82, 2.24) is 19.5 Å². The monoisotopic (exact) mass is 249 g/mol. The van der Waals surface area contributed by atoms with Crippen LogP contribution in [0.25, 0.3) is 11.2 Å². The summed E-state index contributed by atoms with van der Waals surface area (Å²) >= 11 is 0. The number of anilines is 1. The highest BCUT2D eigenvalue weighted by atomic mass is 16.5. The zero-order chi connectivity index (χ0) is 12.5. The molecule has 1 aliphatic heterocycles. The van der Waals surface area contributed by atoms with Gasteiger partial charge in [0.15, 0.2) is 11.5 Å². The van der Waals surface area contributed by atoms with Gasteiger partial charge < -0.3 is 15.6 Å². The maximum atomic E-state index is 8.94. The maximum Gasteiger partial charge on any atom is 0.167 e. The van der Waals surface area contributed by atoms with Crippen molar-refractivity contribution in [3.8, 4) is 0 Å². The predicted molar refractivity (Wildman–Crippen MR) is 64.5 cm³/mol. The third kappa shape index (κ3) is 1.81. The standard InChI is InChI=1S/C11H15N5O2/c12-10-9-11(14-5-13-10)16(6-15-9)8-3-7(1-2-17)4-18-8/h5-8,17H,1-4H2,(H2,12,13,14)/t7-,8-/m1/s1. The molecule has 3 heterocycles. The van der Waals surface area contributed by atoms with E-state index in [-0.39, 0.29) is 12.8 Å². The number of imidazole rings is 1. The minimum Gasteiger partial charge on any atom is -0.396 e. The number of nitrogen functional groups attached to an aromatic ring is 1. The number of rotatable bonds is 3. The van der Waals surface area contributed by atoms with Crippen LogP contribution in [-0.2, 0) is 4.74 Å². The molecular weight excluding hydrogens is 234 g/mol. The highest BCUT2D eigenvalue weighted by Gasteiger charge is 2.27. The van der Waals surface area contributed by atoms with Gasteiger partial charge >= 0.3 is 0 Å². The van der Waals surface area contributed by atoms with Gasteiger partial charge in [-0.05, 0) is 18.8 Å². The summed E-state index contributed by atoms with van der Waals surface area (Å²) < 4.78 is 7.60. The van der Waals surface area contributed by atoms with Crippen LogP contribution in [0.2, 0.25) is 0 Å². The van der Waals surface area contributed by atoms with Crippen LogP contribution in [0.5, 0.6) is 0 Å². The van der Waals surface area contributed by atoms with Gasteiger partial charge in [-0.2, -0.15) is 0 Å². The summed E-state index contributed by atoms with van der Waals surface area (Å²) in [6, 6.07) is 0. The number of fused-ring (bicyclic) bond motifs is 1. The Bertz CT molecular complexity index is 555. The van der Waals surface area contributed by atoms with E-state index in [1.165, 1.54) is 6.33 Å². The van der Waals surface area contributed by atoms with Gasteiger partial charge in [0.05, 0.1) is 12.9 Å². The highest BCUT2D eigenvalue weighted by Crippen LogP contribution is 2.31. The van der Waals surface area contributed by atoms with E-state index in [1.807, 2.05) is 4.57 Å². The lowest BCUT2D eigenvalue weighted by Gasteiger charge is -2.11. The molecule has 1 fully saturated rings. The molecule has 2 aromatic rings. The molecule has 3 rings (SSSR count). The summed E-state index contributed by atoms with van der Waals surface area (Å²) in [6.45, 7) is 0.853. The number of nitrogens with zero attached hydrogens (tertiary/aromatic N) is 4. The van der Waals surface area contributed by atoms with E-state index >= 15 is 0 Å². The molecule has 0 amide bonds. The minimum absolute atomic E-state index is 0.0825. The average Bonchev–Trinajstić information content (AvgIpc) is 2.96. The molecule has 2 aromatic heterocycles. The maximum absolute atomic E-state index is 8.94. The van der Waals surface area contributed by atoms with Crippen LogP contribution >= 0.6 is 0 Å². The van der Waals surface area contributed by atoms with E-state index < -0.39 is 0 Å². The Morgan fingerprint density at radius 1 is 1.44 bits per heavy atom. The van der Waals surface area contributed by atoms with Gasteiger partial charge in [-0.25, -0.2) is 15.0 Å². The van der Waals surface area contributed by atoms with Crippen molar-refractivity contribution in [2.75, 3.05) is 18.9 Å². The summed E-state index contributed by atoms with van der Waals surface area (Å²) in [5, 5.41) is 8.94. The van der Waals surface area contributed by atoms with E-state index in [9.17, 15) is 0 Å². The van der Waals surface area contributed by atoms with Crippen molar-refractivity contribution in [1.29, 1.82) is 0 Å². The lowest BCUT2D eigenvalue weighted by Crippen LogP contribution is -2.07. The van der Waals surface area contributed by atoms with E-state index in [2.05, 4.69) is 15.0 Å². The van der Waals surface area contributed by atoms with Gasteiger partial charge in [0.1, 0.15) is 18.1 Å². The molecule has 0 spiro atoms. The average molecular weight is 249 g/mol. The highest BCUT2D eigenvalue weighted by molar-refractivity contribution is 5.81. The quantitative estimate of drug-likeness (QED) is 0.813. The number of aromatic nitrogens is 4. The van der Waals surface area contributed by atoms with Crippen LogP contribution in [0.15, 0.2) is 12.7 Å². The van der Waals surface area contributed by atoms with Gasteiger partial charge in [-0.1, -0.05) is 0 Å². The SMILES string of the molecule is Nc1ncnc2c1ncn2[C@H]1C[C@@H](CCO)CO1. The normalized spacial score (nSPS) is 23.8. The Balaban J connectivity index is 1.89. The Morgan fingerprint density at radius 2 is 2.33 bits per heavy atom. The molecule has 7 heteroatoms. The summed E-state index contributed by atoms with van der Waals surface area (Å²) in [6.07, 6.45) is 4.65. The first-order valence-corrected chi connectivity index (χ1v) is 5.95. The summed E-state index contributed by atoms with van der Waals surface area (Å²) in [5.74, 6) is 0.764. The van der Waals surface area contributed by atoms with Crippen LogP contribution < -0.4 is 5.73 Å². The second-order valence-corrected chi connectivity index (χ2v) is 4.48. The fourth-order valence-corrected chi connectivity index (χ4v) is 2.33. The predicted octanol–water partition coefficient (Wildman–Crippen LogP) is 0.326. The molecule has 3 N–H and O–H groups in total. The molecule has 0 bridgehead atoms. The number of hydrogen-bond acceptors (Lipinski definition) is 6. The molecule has 1 aliphatic rings. The molecule has 96 valence electrons. The molecule has 7 nitrogen and oxygen atoms in total. The van der Waals surface area contributed by atoms with Crippen molar-refractivity contribution in [3.05, 3.63) is 12.7 Å². The topological polar surface area (TPSA) is 99.1 Å². The number of aliphatic hydroxyl groups is 1. The van der Waals surface area contributed by atoms with Crippen molar-refractivity contribution >= 4 is 17.0 Å². The first-order valence-electron chi connectivity index (χ1n) is 5.95. The van der Waals surface area contributed by atoms with Crippen molar-refractivity contribution < 1.29 is 9.84 Å². The lowest BCUT2D eigenvalue weighted by atomic mass is 10.1. The molecule has 0 aliphatic carbocycles. The Morgan fingerprint density at radius 3 is 3.17 bits per heavy atom. The molecule has 0 radical (unpaired) electrons. The lowest BCUT2D eigenvalue weighted by molar-refractivity contribution is 0.0563. The van der Waals surface area contributed by atoms with Crippen molar-refractivity contribution in [2.45, 2.75) is 19.1 Å². The number of aliphatic hydroxyl groups excluding tert-OH is 1. The van der Waals surface area contributed by atoms with Crippen LogP contribution in [0.4, 0.5) is 5.82 Å². The van der Waals surface area contributed by atoms with E-state index in [4.69, 9.17) is 15.6 Å². The molecule has 0 unspecified atom stereocenters. The smallest absolute Gasteiger partial charge is 0.167 e. The third-order valence-corrected chi connectivity index (χ3v) is 3.29. The number of ether oxygens (including phenoxy) is 1. The van der Waals surface area contributed by atoms with Gasteiger partial charge in [0.2, 0.25) is 0 Å². The molecule has 0 saturated carbocycles. The summed E-state index contributed by atoms with van der Waals surface area (Å²) in [4.78, 5) is 12.3. The van der Waals surface area contributed by atoms with E-state index in [0.29, 0.717) is 29.5 Å². The molecule has 1 saturated heterocycles. The summed E-state index contributed by atoms with van der Waals surface area (Å²) in [5.41, 5.74) is 7.04. The summed E-state index contributed by atoms with van der Waals surface area (Å²) in [7, 11) is 0. The zero-order valence-corrected chi connectivity index (χ0v) is 9.86. The van der Waals surface area contributed by atoms with Crippen LogP contribution in [-0.4, -0.2) is 37.8 Å². The van der Waals surface area contributed by atoms with Gasteiger partial charge in [-0.15, -0.1) is 0 Å². The fraction of sp³-hybridized carbons (Fsp3) is 0.545. The van der Waals surface area contributed by atoms with Gasteiger partial charge in [-0.3, -0.25) is 4.57 Å². The van der Waals surface area contributed by atoms with Crippen LogP contribution in [0.3, 0.4) is 0 Å². The molecule has 18 heavy (non-hydrogen) atoms. The Kier molecular flexibility index (Phi) is 2.85. The second-order valence-electron chi connectivity index (χ2n) is 4.48. The van der Waals surface area contributed by atoms with Crippen LogP contribution in [0.1, 0.15) is 19.1 Å². The minimum atomic E-state index is -0.0825. The first-order chi connectivity index (χ1) is 8.79. The largest absolute Gasteiger partial charge is 0.396 e. The van der Waals surface area contributed by atoms with Gasteiger partial charge in [0.25, 0.3) is 0 Å². The fourth-order valence-electron chi connectivity index (χ4n) is 2.33. The van der Waals surface area contributed by atoms with E-state index in [0.717, 1.165) is 12.8 Å². The number of hydrogen-bond donors (Lipinski definition) is 2. The van der Waals surface area contributed by atoms with Crippen LogP contribution in [0, 0.1) is 5.92 Å². The van der Waals surface area contributed by atoms with Gasteiger partial charge in [0, 0.05) is 6.61 Å². The van der Waals surface area contributed by atoms with Crippen molar-refractivity contribution in [2.24, 2.45) is 5.92 Å². The Labute approximate surface area is 104 Å². The second kappa shape index (κ2) is 4.51. The first kappa shape index (κ1) is 11.4. The molecule has 2 atom stereocenters.